The summed E-state index contributed by atoms with van der Waals surface area (Å²) in [6, 6.07) is 5.68. The molecule has 0 aromatic heterocycles. The van der Waals surface area contributed by atoms with Crippen molar-refractivity contribution in [1.82, 2.24) is 5.32 Å². The lowest BCUT2D eigenvalue weighted by Crippen LogP contribution is -2.36. The number of benzene rings is 1. The summed E-state index contributed by atoms with van der Waals surface area (Å²) in [7, 11) is 1.64. The van der Waals surface area contributed by atoms with Crippen molar-refractivity contribution >= 4 is 11.6 Å². The molecule has 2 N–H and O–H groups in total. The maximum absolute atomic E-state index is 12.1. The van der Waals surface area contributed by atoms with Crippen LogP contribution in [0.2, 0.25) is 0 Å². The first-order valence-electron chi connectivity index (χ1n) is 5.48. The molecular weight excluding hydrogens is 245 g/mol. The SMILES string of the molecule is CNc1ccccc1C(=O)NC(C)CC(F)(F)F. The molecule has 3 nitrogen and oxygen atoms in total. The number of carbonyl (C=O) groups is 1. The van der Waals surface area contributed by atoms with Crippen LogP contribution in [0.15, 0.2) is 24.3 Å². The van der Waals surface area contributed by atoms with Crippen LogP contribution in [0.25, 0.3) is 0 Å². The van der Waals surface area contributed by atoms with Gasteiger partial charge in [0.05, 0.1) is 12.0 Å². The molecule has 100 valence electrons. The maximum Gasteiger partial charge on any atom is 0.391 e. The van der Waals surface area contributed by atoms with Crippen molar-refractivity contribution in [2.45, 2.75) is 25.6 Å². The zero-order valence-electron chi connectivity index (χ0n) is 10.1. The first-order valence-corrected chi connectivity index (χ1v) is 5.48. The maximum atomic E-state index is 12.1. The molecule has 6 heteroatoms. The van der Waals surface area contributed by atoms with E-state index in [9.17, 15) is 18.0 Å². The molecule has 0 bridgehead atoms. The second-order valence-corrected chi connectivity index (χ2v) is 3.99. The van der Waals surface area contributed by atoms with Crippen molar-refractivity contribution in [3.63, 3.8) is 0 Å². The Morgan fingerprint density at radius 2 is 1.94 bits per heavy atom. The van der Waals surface area contributed by atoms with Crippen molar-refractivity contribution in [1.29, 1.82) is 0 Å². The molecule has 1 aromatic rings. The highest BCUT2D eigenvalue weighted by Gasteiger charge is 2.30. The van der Waals surface area contributed by atoms with Crippen molar-refractivity contribution in [3.8, 4) is 0 Å². The first kappa shape index (κ1) is 14.3. The van der Waals surface area contributed by atoms with Crippen LogP contribution in [0.5, 0.6) is 0 Å². The Morgan fingerprint density at radius 1 is 1.33 bits per heavy atom. The Labute approximate surface area is 103 Å². The van der Waals surface area contributed by atoms with Crippen LogP contribution in [0.3, 0.4) is 0 Å². The molecule has 0 aliphatic heterocycles. The van der Waals surface area contributed by atoms with E-state index >= 15 is 0 Å². The Bertz CT molecular complexity index is 418. The van der Waals surface area contributed by atoms with Crippen LogP contribution in [0, 0.1) is 0 Å². The summed E-state index contributed by atoms with van der Waals surface area (Å²) in [5.74, 6) is -0.517. The molecular formula is C12H15F3N2O. The van der Waals surface area contributed by atoms with E-state index in [0.29, 0.717) is 11.3 Å². The molecule has 0 aliphatic carbocycles. The summed E-state index contributed by atoms with van der Waals surface area (Å²) in [5, 5.41) is 5.14. The molecule has 0 radical (unpaired) electrons. The smallest absolute Gasteiger partial charge is 0.387 e. The second kappa shape index (κ2) is 5.75. The van der Waals surface area contributed by atoms with E-state index in [0.717, 1.165) is 0 Å². The standard InChI is InChI=1S/C12H15F3N2O/c1-8(7-12(13,14)15)17-11(18)9-5-3-4-6-10(9)16-2/h3-6,8,16H,7H2,1-2H3,(H,17,18). The minimum absolute atomic E-state index is 0.328. The number of rotatable bonds is 4. The van der Waals surface area contributed by atoms with Crippen molar-refractivity contribution < 1.29 is 18.0 Å². The number of amides is 1. The van der Waals surface area contributed by atoms with Gasteiger partial charge in [0.1, 0.15) is 0 Å². The van der Waals surface area contributed by atoms with E-state index in [1.165, 1.54) is 6.92 Å². The molecule has 0 spiro atoms. The van der Waals surface area contributed by atoms with Gasteiger partial charge in [-0.2, -0.15) is 13.2 Å². The van der Waals surface area contributed by atoms with Gasteiger partial charge in [0.2, 0.25) is 0 Å². The van der Waals surface area contributed by atoms with E-state index < -0.39 is 24.5 Å². The lowest BCUT2D eigenvalue weighted by Gasteiger charge is -2.17. The van der Waals surface area contributed by atoms with Crippen LogP contribution in [-0.2, 0) is 0 Å². The van der Waals surface area contributed by atoms with E-state index in [2.05, 4.69) is 10.6 Å². The molecule has 0 aliphatic rings. The van der Waals surface area contributed by atoms with Crippen LogP contribution in [0.1, 0.15) is 23.7 Å². The Balaban J connectivity index is 2.71. The van der Waals surface area contributed by atoms with Gasteiger partial charge in [-0.1, -0.05) is 12.1 Å². The van der Waals surface area contributed by atoms with E-state index in [1.807, 2.05) is 0 Å². The van der Waals surface area contributed by atoms with Crippen molar-refractivity contribution in [2.24, 2.45) is 0 Å². The van der Waals surface area contributed by atoms with Gasteiger partial charge < -0.3 is 10.6 Å². The number of hydrogen-bond donors (Lipinski definition) is 2. The van der Waals surface area contributed by atoms with Gasteiger partial charge in [-0.3, -0.25) is 4.79 Å². The summed E-state index contributed by atoms with van der Waals surface area (Å²) in [4.78, 5) is 11.8. The molecule has 0 fully saturated rings. The summed E-state index contributed by atoms with van der Waals surface area (Å²) in [6.07, 6.45) is -5.32. The fourth-order valence-electron chi connectivity index (χ4n) is 1.60. The fourth-order valence-corrected chi connectivity index (χ4v) is 1.60. The quantitative estimate of drug-likeness (QED) is 0.874. The highest BCUT2D eigenvalue weighted by molar-refractivity contribution is 5.99. The number of nitrogens with one attached hydrogen (secondary N) is 2. The Kier molecular flexibility index (Phi) is 4.58. The number of para-hydroxylation sites is 1. The number of carbonyl (C=O) groups excluding carboxylic acids is 1. The van der Waals surface area contributed by atoms with Crippen LogP contribution >= 0.6 is 0 Å². The number of anilines is 1. The highest BCUT2D eigenvalue weighted by atomic mass is 19.4. The van der Waals surface area contributed by atoms with E-state index in [1.54, 1.807) is 31.3 Å². The third-order valence-corrected chi connectivity index (χ3v) is 2.36. The van der Waals surface area contributed by atoms with Gasteiger partial charge in [0, 0.05) is 18.8 Å². The molecule has 0 saturated carbocycles. The van der Waals surface area contributed by atoms with Crippen LogP contribution in [0.4, 0.5) is 18.9 Å². The number of halogens is 3. The highest BCUT2D eigenvalue weighted by Crippen LogP contribution is 2.22. The average Bonchev–Trinajstić information content (AvgIpc) is 2.26. The molecule has 1 atom stereocenters. The second-order valence-electron chi connectivity index (χ2n) is 3.99. The zero-order valence-corrected chi connectivity index (χ0v) is 10.1. The summed E-state index contributed by atoms with van der Waals surface area (Å²) >= 11 is 0. The molecule has 1 rings (SSSR count). The minimum atomic E-state index is -4.28. The molecule has 1 aromatic carbocycles. The van der Waals surface area contributed by atoms with Gasteiger partial charge in [-0.05, 0) is 19.1 Å². The Morgan fingerprint density at radius 3 is 2.50 bits per heavy atom. The molecule has 18 heavy (non-hydrogen) atoms. The monoisotopic (exact) mass is 260 g/mol. The topological polar surface area (TPSA) is 41.1 Å². The van der Waals surface area contributed by atoms with Gasteiger partial charge in [-0.15, -0.1) is 0 Å². The summed E-state index contributed by atoms with van der Waals surface area (Å²) in [5.41, 5.74) is 0.906. The first-order chi connectivity index (χ1) is 8.33. The van der Waals surface area contributed by atoms with Crippen molar-refractivity contribution in [3.05, 3.63) is 29.8 Å². The average molecular weight is 260 g/mol. The minimum Gasteiger partial charge on any atom is -0.387 e. The van der Waals surface area contributed by atoms with Gasteiger partial charge in [0.15, 0.2) is 0 Å². The lowest BCUT2D eigenvalue weighted by atomic mass is 10.1. The van der Waals surface area contributed by atoms with Crippen LogP contribution in [-0.4, -0.2) is 25.2 Å². The molecule has 0 saturated heterocycles. The van der Waals surface area contributed by atoms with Gasteiger partial charge >= 0.3 is 6.18 Å². The van der Waals surface area contributed by atoms with Crippen LogP contribution < -0.4 is 10.6 Å². The zero-order chi connectivity index (χ0) is 13.8. The number of alkyl halides is 3. The fraction of sp³-hybridized carbons (Fsp3) is 0.417. The normalized spacial score (nSPS) is 12.9. The Hall–Kier alpha value is -1.72. The van der Waals surface area contributed by atoms with Gasteiger partial charge in [-0.25, -0.2) is 0 Å². The molecule has 1 unspecified atom stereocenters. The van der Waals surface area contributed by atoms with E-state index in [4.69, 9.17) is 0 Å². The summed E-state index contributed by atoms with van der Waals surface area (Å²) in [6.45, 7) is 1.33. The van der Waals surface area contributed by atoms with Gasteiger partial charge in [0.25, 0.3) is 5.91 Å². The summed E-state index contributed by atoms with van der Waals surface area (Å²) < 4.78 is 36.4. The van der Waals surface area contributed by atoms with E-state index in [-0.39, 0.29) is 0 Å². The molecule has 0 heterocycles. The number of hydrogen-bond acceptors (Lipinski definition) is 2. The predicted octanol–water partition coefficient (Wildman–Crippen LogP) is 2.80. The third kappa shape index (κ3) is 4.27. The molecule has 1 amide bonds. The predicted molar refractivity (Wildman–Crippen MR) is 63.6 cm³/mol. The lowest BCUT2D eigenvalue weighted by molar-refractivity contribution is -0.138. The third-order valence-electron chi connectivity index (χ3n) is 2.36. The largest absolute Gasteiger partial charge is 0.391 e. The van der Waals surface area contributed by atoms with Crippen molar-refractivity contribution in [2.75, 3.05) is 12.4 Å².